The molecule has 1 fully saturated rings. The highest BCUT2D eigenvalue weighted by atomic mass is 16.6. The van der Waals surface area contributed by atoms with E-state index in [0.29, 0.717) is 24.5 Å². The summed E-state index contributed by atoms with van der Waals surface area (Å²) < 4.78 is 1.57. The van der Waals surface area contributed by atoms with Crippen LogP contribution in [0.5, 0.6) is 0 Å². The Bertz CT molecular complexity index is 481. The van der Waals surface area contributed by atoms with Crippen LogP contribution in [0.4, 0.5) is 11.5 Å². The lowest BCUT2D eigenvalue weighted by molar-refractivity contribution is -0.384. The number of rotatable bonds is 8. The van der Waals surface area contributed by atoms with Gasteiger partial charge in [0, 0.05) is 26.2 Å². The van der Waals surface area contributed by atoms with Crippen LogP contribution in [0, 0.1) is 10.1 Å². The van der Waals surface area contributed by atoms with Crippen molar-refractivity contribution in [1.29, 1.82) is 0 Å². The van der Waals surface area contributed by atoms with Crippen molar-refractivity contribution in [1.82, 2.24) is 14.7 Å². The van der Waals surface area contributed by atoms with Crippen molar-refractivity contribution in [3.05, 3.63) is 15.8 Å². The number of hydrogen-bond acceptors (Lipinski definition) is 5. The fraction of sp³-hybridized carbons (Fsp3) is 0.769. The molecule has 1 aliphatic carbocycles. The van der Waals surface area contributed by atoms with E-state index in [0.717, 1.165) is 19.1 Å². The van der Waals surface area contributed by atoms with Crippen molar-refractivity contribution in [2.24, 2.45) is 7.05 Å². The molecule has 0 aromatic carbocycles. The lowest BCUT2D eigenvalue weighted by Crippen LogP contribution is -2.31. The second-order valence-corrected chi connectivity index (χ2v) is 5.16. The molecule has 0 unspecified atom stereocenters. The molecule has 0 aliphatic heterocycles. The van der Waals surface area contributed by atoms with Gasteiger partial charge in [0.2, 0.25) is 5.82 Å². The molecule has 2 rings (SSSR count). The minimum Gasteiger partial charge on any atom is -0.363 e. The molecule has 112 valence electrons. The lowest BCUT2D eigenvalue weighted by Gasteiger charge is -2.19. The first-order valence-corrected chi connectivity index (χ1v) is 7.26. The average molecular weight is 281 g/mol. The smallest absolute Gasteiger partial charge is 0.333 e. The van der Waals surface area contributed by atoms with Gasteiger partial charge >= 0.3 is 5.69 Å². The van der Waals surface area contributed by atoms with Crippen molar-refractivity contribution in [2.45, 2.75) is 39.2 Å². The normalized spacial score (nSPS) is 14.8. The van der Waals surface area contributed by atoms with E-state index in [1.165, 1.54) is 12.8 Å². The molecule has 0 spiro atoms. The van der Waals surface area contributed by atoms with Crippen LogP contribution in [0.2, 0.25) is 0 Å². The molecule has 0 radical (unpaired) electrons. The molecule has 1 aliphatic rings. The number of nitro groups is 1. The summed E-state index contributed by atoms with van der Waals surface area (Å²) in [7, 11) is 1.74. The number of aromatic nitrogens is 2. The summed E-state index contributed by atoms with van der Waals surface area (Å²) >= 11 is 0. The van der Waals surface area contributed by atoms with Crippen LogP contribution in [0.25, 0.3) is 0 Å². The van der Waals surface area contributed by atoms with E-state index < -0.39 is 0 Å². The second kappa shape index (κ2) is 6.21. The van der Waals surface area contributed by atoms with Gasteiger partial charge in [0.25, 0.3) is 0 Å². The maximum atomic E-state index is 11.2. The summed E-state index contributed by atoms with van der Waals surface area (Å²) in [4.78, 5) is 13.3. The van der Waals surface area contributed by atoms with E-state index in [4.69, 9.17) is 0 Å². The zero-order valence-corrected chi connectivity index (χ0v) is 12.4. The van der Waals surface area contributed by atoms with Gasteiger partial charge in [0.05, 0.1) is 4.92 Å². The largest absolute Gasteiger partial charge is 0.363 e. The van der Waals surface area contributed by atoms with Crippen molar-refractivity contribution >= 4 is 11.5 Å². The summed E-state index contributed by atoms with van der Waals surface area (Å²) in [6.45, 7) is 6.67. The van der Waals surface area contributed by atoms with Gasteiger partial charge in [-0.2, -0.15) is 5.10 Å². The first kappa shape index (κ1) is 14.8. The van der Waals surface area contributed by atoms with E-state index in [-0.39, 0.29) is 10.6 Å². The summed E-state index contributed by atoms with van der Waals surface area (Å²) in [6.07, 6.45) is 3.12. The van der Waals surface area contributed by atoms with Crippen LogP contribution >= 0.6 is 0 Å². The van der Waals surface area contributed by atoms with Crippen LogP contribution in [0.1, 0.15) is 32.4 Å². The minimum atomic E-state index is -0.341. The molecular weight excluding hydrogens is 258 g/mol. The van der Waals surface area contributed by atoms with Crippen molar-refractivity contribution in [3.8, 4) is 0 Å². The van der Waals surface area contributed by atoms with E-state index in [1.54, 1.807) is 11.7 Å². The highest BCUT2D eigenvalue weighted by Crippen LogP contribution is 2.29. The zero-order valence-electron chi connectivity index (χ0n) is 12.4. The Hall–Kier alpha value is -1.63. The maximum Gasteiger partial charge on any atom is 0.333 e. The molecule has 0 saturated heterocycles. The van der Waals surface area contributed by atoms with Crippen LogP contribution in [-0.4, -0.2) is 45.3 Å². The van der Waals surface area contributed by atoms with Gasteiger partial charge in [-0.25, -0.2) is 4.68 Å². The molecule has 0 bridgehead atoms. The molecular formula is C13H23N5O2. The number of aryl methyl sites for hydroxylation is 2. The topological polar surface area (TPSA) is 76.2 Å². The Labute approximate surface area is 119 Å². The van der Waals surface area contributed by atoms with Crippen LogP contribution < -0.4 is 5.32 Å². The fourth-order valence-corrected chi connectivity index (χ4v) is 2.55. The molecule has 7 heteroatoms. The van der Waals surface area contributed by atoms with Gasteiger partial charge in [-0.15, -0.1) is 0 Å². The van der Waals surface area contributed by atoms with Crippen molar-refractivity contribution < 1.29 is 4.92 Å². The standard InChI is InChI=1S/C13H23N5O2/c1-4-11-12(18(19)20)13(16(3)15-11)14-8-9-17(5-2)10-6-7-10/h10,14H,4-9H2,1-3H3. The Kier molecular flexibility index (Phi) is 4.59. The van der Waals surface area contributed by atoms with Crippen LogP contribution in [0.3, 0.4) is 0 Å². The fourth-order valence-electron chi connectivity index (χ4n) is 2.55. The SMILES string of the molecule is CCc1nn(C)c(NCCN(CC)C2CC2)c1[N+](=O)[O-]. The Morgan fingerprint density at radius 2 is 2.20 bits per heavy atom. The van der Waals surface area contributed by atoms with Gasteiger partial charge < -0.3 is 5.32 Å². The number of anilines is 1. The Balaban J connectivity index is 2.01. The molecule has 7 nitrogen and oxygen atoms in total. The minimum absolute atomic E-state index is 0.115. The summed E-state index contributed by atoms with van der Waals surface area (Å²) in [6, 6.07) is 0.717. The average Bonchev–Trinajstić information content (AvgIpc) is 3.19. The molecule has 1 heterocycles. The van der Waals surface area contributed by atoms with E-state index in [1.807, 2.05) is 6.92 Å². The third-order valence-electron chi connectivity index (χ3n) is 3.77. The van der Waals surface area contributed by atoms with Gasteiger partial charge in [-0.05, 0) is 25.8 Å². The molecule has 1 saturated carbocycles. The van der Waals surface area contributed by atoms with Crippen LogP contribution in [0.15, 0.2) is 0 Å². The van der Waals surface area contributed by atoms with Gasteiger partial charge in [-0.3, -0.25) is 15.0 Å². The number of nitrogens with one attached hydrogen (secondary N) is 1. The lowest BCUT2D eigenvalue weighted by atomic mass is 10.3. The molecule has 1 aromatic heterocycles. The molecule has 0 amide bonds. The number of hydrogen-bond donors (Lipinski definition) is 1. The highest BCUT2D eigenvalue weighted by molar-refractivity contribution is 5.59. The quantitative estimate of drug-likeness (QED) is 0.580. The van der Waals surface area contributed by atoms with E-state index in [2.05, 4.69) is 22.2 Å². The van der Waals surface area contributed by atoms with Gasteiger partial charge in [0.15, 0.2) is 0 Å². The Morgan fingerprint density at radius 3 is 2.70 bits per heavy atom. The summed E-state index contributed by atoms with van der Waals surface area (Å²) in [5.41, 5.74) is 0.652. The highest BCUT2D eigenvalue weighted by Gasteiger charge is 2.28. The number of nitrogens with zero attached hydrogens (tertiary/aromatic N) is 4. The molecule has 1 N–H and O–H groups in total. The monoisotopic (exact) mass is 281 g/mol. The van der Waals surface area contributed by atoms with Crippen LogP contribution in [-0.2, 0) is 13.5 Å². The first-order valence-electron chi connectivity index (χ1n) is 7.26. The third-order valence-corrected chi connectivity index (χ3v) is 3.77. The third kappa shape index (κ3) is 3.09. The Morgan fingerprint density at radius 1 is 1.50 bits per heavy atom. The molecule has 20 heavy (non-hydrogen) atoms. The van der Waals surface area contributed by atoms with Gasteiger partial charge in [0.1, 0.15) is 5.69 Å². The maximum absolute atomic E-state index is 11.2. The van der Waals surface area contributed by atoms with E-state index >= 15 is 0 Å². The van der Waals surface area contributed by atoms with Crippen molar-refractivity contribution in [3.63, 3.8) is 0 Å². The van der Waals surface area contributed by atoms with Crippen molar-refractivity contribution in [2.75, 3.05) is 25.0 Å². The molecule has 0 atom stereocenters. The summed E-state index contributed by atoms with van der Waals surface area (Å²) in [5.74, 6) is 0.513. The second-order valence-electron chi connectivity index (χ2n) is 5.16. The van der Waals surface area contributed by atoms with E-state index in [9.17, 15) is 10.1 Å². The first-order chi connectivity index (χ1) is 9.58. The predicted molar refractivity (Wildman–Crippen MR) is 78.0 cm³/mol. The number of likely N-dealkylation sites (N-methyl/N-ethyl adjacent to an activating group) is 1. The zero-order chi connectivity index (χ0) is 14.7. The predicted octanol–water partition coefficient (Wildman–Crippen LogP) is 1.79. The summed E-state index contributed by atoms with van der Waals surface area (Å²) in [5, 5.41) is 18.6. The van der Waals surface area contributed by atoms with Gasteiger partial charge in [-0.1, -0.05) is 13.8 Å². The molecule has 1 aromatic rings.